The van der Waals surface area contributed by atoms with E-state index in [-0.39, 0.29) is 17.2 Å². The molecule has 0 aliphatic carbocycles. The third kappa shape index (κ3) is 3.20. The highest BCUT2D eigenvalue weighted by molar-refractivity contribution is 7.92. The summed E-state index contributed by atoms with van der Waals surface area (Å²) in [6.07, 6.45) is -0.183. The summed E-state index contributed by atoms with van der Waals surface area (Å²) in [6, 6.07) is 2.70. The van der Waals surface area contributed by atoms with Crippen molar-refractivity contribution in [2.24, 2.45) is 0 Å². The zero-order valence-electron chi connectivity index (χ0n) is 13.7. The largest absolute Gasteiger partial charge is 0.604 e. The van der Waals surface area contributed by atoms with Gasteiger partial charge >= 0.3 is 5.51 Å². The second kappa shape index (κ2) is 6.07. The summed E-state index contributed by atoms with van der Waals surface area (Å²) in [5.74, 6) is 0.109. The number of halogens is 3. The van der Waals surface area contributed by atoms with Crippen LogP contribution in [0, 0.1) is 0 Å². The molecule has 2 aliphatic rings. The molecule has 2 aliphatic heterocycles. The van der Waals surface area contributed by atoms with Crippen LogP contribution < -0.4 is 4.74 Å². The molecule has 138 valence electrons. The summed E-state index contributed by atoms with van der Waals surface area (Å²) in [5, 5.41) is 10.7. The number of fused-ring (bicyclic) bond motifs is 1. The van der Waals surface area contributed by atoms with Crippen molar-refractivity contribution in [1.29, 1.82) is 0 Å². The number of benzene rings is 1. The van der Waals surface area contributed by atoms with Crippen LogP contribution in [0.25, 0.3) is 0 Å². The van der Waals surface area contributed by atoms with Crippen LogP contribution in [0.4, 0.5) is 13.2 Å². The SMILES string of the molecule is CC1(C)Oc2ccc([S+]([O-])C(F)(F)F)cc2[C@H](N2CCCC2=O)[C@H]1O. The molecular weight excluding hydrogens is 359 g/mol. The highest BCUT2D eigenvalue weighted by Gasteiger charge is 2.50. The van der Waals surface area contributed by atoms with E-state index in [4.69, 9.17) is 4.74 Å². The third-order valence-corrected chi connectivity index (χ3v) is 5.66. The van der Waals surface area contributed by atoms with E-state index in [1.165, 1.54) is 11.0 Å². The Morgan fingerprint density at radius 2 is 2.08 bits per heavy atom. The second-order valence-corrected chi connectivity index (χ2v) is 8.17. The van der Waals surface area contributed by atoms with E-state index in [2.05, 4.69) is 0 Å². The molecule has 1 aromatic rings. The smallest absolute Gasteiger partial charge is 0.578 e. The minimum atomic E-state index is -4.89. The second-order valence-electron chi connectivity index (χ2n) is 6.70. The molecule has 2 heterocycles. The first kappa shape index (κ1) is 18.3. The van der Waals surface area contributed by atoms with Gasteiger partial charge in [0.1, 0.15) is 17.5 Å². The first-order valence-electron chi connectivity index (χ1n) is 7.81. The molecule has 0 spiro atoms. The van der Waals surface area contributed by atoms with Gasteiger partial charge in [-0.2, -0.15) is 0 Å². The van der Waals surface area contributed by atoms with E-state index in [1.54, 1.807) is 13.8 Å². The fourth-order valence-electron chi connectivity index (χ4n) is 3.30. The number of nitrogens with zero attached hydrogens (tertiary/aromatic N) is 1. The summed E-state index contributed by atoms with van der Waals surface area (Å²) in [5.41, 5.74) is -5.66. The fourth-order valence-corrected chi connectivity index (χ4v) is 3.99. The number of carbonyl (C=O) groups is 1. The highest BCUT2D eigenvalue weighted by Crippen LogP contribution is 2.45. The fraction of sp³-hybridized carbons (Fsp3) is 0.562. The summed E-state index contributed by atoms with van der Waals surface area (Å²) >= 11 is -3.20. The maximum Gasteiger partial charge on any atom is 0.578 e. The lowest BCUT2D eigenvalue weighted by molar-refractivity contribution is -0.139. The molecule has 1 N–H and O–H groups in total. The van der Waals surface area contributed by atoms with Gasteiger partial charge in [0.05, 0.1) is 17.2 Å². The van der Waals surface area contributed by atoms with Gasteiger partial charge in [0.2, 0.25) is 5.91 Å². The lowest BCUT2D eigenvalue weighted by atomic mass is 9.85. The molecule has 0 aromatic heterocycles. The minimum absolute atomic E-state index is 0.171. The number of alkyl halides is 3. The molecule has 5 nitrogen and oxygen atoms in total. The number of ether oxygens (including phenoxy) is 1. The minimum Gasteiger partial charge on any atom is -0.604 e. The van der Waals surface area contributed by atoms with Crippen molar-refractivity contribution in [3.05, 3.63) is 23.8 Å². The first-order chi connectivity index (χ1) is 11.5. The van der Waals surface area contributed by atoms with Crippen LogP contribution in [0.5, 0.6) is 5.75 Å². The van der Waals surface area contributed by atoms with Crippen molar-refractivity contribution in [3.63, 3.8) is 0 Å². The molecule has 0 radical (unpaired) electrons. The number of hydrogen-bond acceptors (Lipinski definition) is 4. The Morgan fingerprint density at radius 1 is 1.40 bits per heavy atom. The molecular formula is C16H18F3NO4S. The van der Waals surface area contributed by atoms with Gasteiger partial charge in [-0.1, -0.05) is 0 Å². The maximum absolute atomic E-state index is 12.8. The Hall–Kier alpha value is -1.45. The quantitative estimate of drug-likeness (QED) is 0.804. The van der Waals surface area contributed by atoms with E-state index >= 15 is 0 Å². The average molecular weight is 377 g/mol. The number of aliphatic hydroxyl groups excluding tert-OH is 1. The van der Waals surface area contributed by atoms with Crippen LogP contribution in [-0.4, -0.2) is 44.2 Å². The molecule has 1 unspecified atom stereocenters. The molecule has 0 bridgehead atoms. The van der Waals surface area contributed by atoms with Crippen LogP contribution in [0.1, 0.15) is 38.3 Å². The first-order valence-corrected chi connectivity index (χ1v) is 8.96. The standard InChI is InChI=1S/C16H18F3NO4S/c1-15(2)14(22)13(20-7-3-4-12(20)21)10-8-9(5-6-11(10)24-15)25(23)16(17,18)19/h5-6,8,13-14,22H,3-4,7H2,1-2H3/t13-,14+,25?/m0/s1. The van der Waals surface area contributed by atoms with Gasteiger partial charge in [-0.3, -0.25) is 4.79 Å². The molecule has 9 heteroatoms. The molecule has 1 amide bonds. The summed E-state index contributed by atoms with van der Waals surface area (Å²) in [6.45, 7) is 3.70. The highest BCUT2D eigenvalue weighted by atomic mass is 32.2. The molecule has 3 atom stereocenters. The van der Waals surface area contributed by atoms with Crippen molar-refractivity contribution in [2.75, 3.05) is 6.54 Å². The van der Waals surface area contributed by atoms with Gasteiger partial charge < -0.3 is 19.3 Å². The van der Waals surface area contributed by atoms with Crippen LogP contribution in [0.2, 0.25) is 0 Å². The predicted octanol–water partition coefficient (Wildman–Crippen LogP) is 2.51. The van der Waals surface area contributed by atoms with Crippen LogP contribution in [-0.2, 0) is 16.0 Å². The van der Waals surface area contributed by atoms with Gasteiger partial charge in [-0.15, -0.1) is 13.2 Å². The van der Waals surface area contributed by atoms with E-state index in [9.17, 15) is 27.6 Å². The third-order valence-electron chi connectivity index (χ3n) is 4.55. The Balaban J connectivity index is 2.09. The normalized spacial score (nSPS) is 27.0. The molecule has 3 rings (SSSR count). The van der Waals surface area contributed by atoms with E-state index in [0.717, 1.165) is 12.1 Å². The molecule has 1 saturated heterocycles. The molecule has 0 saturated carbocycles. The monoisotopic (exact) mass is 377 g/mol. The number of amides is 1. The van der Waals surface area contributed by atoms with Crippen molar-refractivity contribution in [3.8, 4) is 5.75 Å². The van der Waals surface area contributed by atoms with Crippen LogP contribution >= 0.6 is 0 Å². The summed E-state index contributed by atoms with van der Waals surface area (Å²) < 4.78 is 55.7. The zero-order valence-corrected chi connectivity index (χ0v) is 14.5. The van der Waals surface area contributed by atoms with E-state index < -0.39 is 39.3 Å². The van der Waals surface area contributed by atoms with Gasteiger partial charge in [-0.05, 0) is 32.4 Å². The summed E-state index contributed by atoms with van der Waals surface area (Å²) in [7, 11) is 0. The van der Waals surface area contributed by atoms with Crippen LogP contribution in [0.15, 0.2) is 23.1 Å². The van der Waals surface area contributed by atoms with Gasteiger partial charge in [0, 0.05) is 24.6 Å². The number of rotatable bonds is 2. The van der Waals surface area contributed by atoms with Gasteiger partial charge in [0.15, 0.2) is 4.90 Å². The lowest BCUT2D eigenvalue weighted by Gasteiger charge is -2.45. The Bertz CT molecular complexity index is 694. The maximum atomic E-state index is 12.8. The average Bonchev–Trinajstić information content (AvgIpc) is 2.92. The van der Waals surface area contributed by atoms with E-state index in [0.29, 0.717) is 19.4 Å². The zero-order chi connectivity index (χ0) is 18.6. The van der Waals surface area contributed by atoms with Gasteiger partial charge in [0.25, 0.3) is 0 Å². The summed E-state index contributed by atoms with van der Waals surface area (Å²) in [4.78, 5) is 13.2. The molecule has 1 fully saturated rings. The topological polar surface area (TPSA) is 72.8 Å². The molecule has 1 aromatic carbocycles. The number of hydrogen-bond donors (Lipinski definition) is 1. The Labute approximate surface area is 145 Å². The number of aliphatic hydroxyl groups is 1. The van der Waals surface area contributed by atoms with Crippen molar-refractivity contribution < 1.29 is 32.4 Å². The van der Waals surface area contributed by atoms with Gasteiger partial charge in [-0.25, -0.2) is 0 Å². The Morgan fingerprint density at radius 3 is 2.64 bits per heavy atom. The number of likely N-dealkylation sites (tertiary alicyclic amines) is 1. The lowest BCUT2D eigenvalue weighted by Crippen LogP contribution is -2.53. The Kier molecular flexibility index (Phi) is 4.45. The van der Waals surface area contributed by atoms with Crippen LogP contribution in [0.3, 0.4) is 0 Å². The van der Waals surface area contributed by atoms with Crippen molar-refractivity contribution in [2.45, 2.75) is 54.8 Å². The van der Waals surface area contributed by atoms with E-state index in [1.807, 2.05) is 0 Å². The van der Waals surface area contributed by atoms with Crippen molar-refractivity contribution >= 4 is 17.1 Å². The molecule has 25 heavy (non-hydrogen) atoms. The van der Waals surface area contributed by atoms with Crippen molar-refractivity contribution in [1.82, 2.24) is 4.90 Å². The number of carbonyl (C=O) groups excluding carboxylic acids is 1. The predicted molar refractivity (Wildman–Crippen MR) is 83.3 cm³/mol.